The van der Waals surface area contributed by atoms with Crippen molar-refractivity contribution in [3.05, 3.63) is 48.4 Å². The molecule has 10 heteroatoms. The summed E-state index contributed by atoms with van der Waals surface area (Å²) in [4.78, 5) is 7.75. The zero-order chi connectivity index (χ0) is 18.8. The fourth-order valence-electron chi connectivity index (χ4n) is 2.67. The highest BCUT2D eigenvalue weighted by Gasteiger charge is 2.33. The van der Waals surface area contributed by atoms with E-state index in [2.05, 4.69) is 9.97 Å². The van der Waals surface area contributed by atoms with Crippen LogP contribution in [0.15, 0.2) is 47.8 Å². The molecule has 1 aliphatic heterocycles. The Labute approximate surface area is 148 Å². The van der Waals surface area contributed by atoms with Gasteiger partial charge in [-0.1, -0.05) is 0 Å². The number of hydrogen-bond donors (Lipinski definition) is 0. The first-order valence-electron chi connectivity index (χ1n) is 7.87. The lowest BCUT2D eigenvalue weighted by atomic mass is 10.1. The quantitative estimate of drug-likeness (QED) is 0.807. The molecule has 0 atom stereocenters. The summed E-state index contributed by atoms with van der Waals surface area (Å²) in [5, 5.41) is 0. The number of ether oxygens (including phenoxy) is 1. The Morgan fingerprint density at radius 3 is 2.27 bits per heavy atom. The Hall–Kier alpha value is -2.20. The van der Waals surface area contributed by atoms with Gasteiger partial charge in [0.1, 0.15) is 6.10 Å². The van der Waals surface area contributed by atoms with Gasteiger partial charge in [-0.25, -0.2) is 13.4 Å². The van der Waals surface area contributed by atoms with E-state index in [4.69, 9.17) is 4.74 Å². The molecular weight excluding hydrogens is 371 g/mol. The van der Waals surface area contributed by atoms with Crippen LogP contribution >= 0.6 is 0 Å². The van der Waals surface area contributed by atoms with Crippen LogP contribution in [0.25, 0.3) is 0 Å². The van der Waals surface area contributed by atoms with E-state index in [0.717, 1.165) is 24.3 Å². The van der Waals surface area contributed by atoms with E-state index in [0.29, 0.717) is 18.7 Å². The van der Waals surface area contributed by atoms with Crippen LogP contribution in [0.3, 0.4) is 0 Å². The van der Waals surface area contributed by atoms with Crippen LogP contribution in [0.4, 0.5) is 13.2 Å². The molecule has 0 spiro atoms. The number of hydrogen-bond acceptors (Lipinski definition) is 5. The molecule has 1 fully saturated rings. The first-order chi connectivity index (χ1) is 12.3. The topological polar surface area (TPSA) is 72.4 Å². The van der Waals surface area contributed by atoms with Gasteiger partial charge in [0.05, 0.1) is 16.7 Å². The van der Waals surface area contributed by atoms with Crippen molar-refractivity contribution >= 4 is 10.0 Å². The molecule has 0 amide bonds. The molecule has 0 unspecified atom stereocenters. The highest BCUT2D eigenvalue weighted by Crippen LogP contribution is 2.30. The minimum absolute atomic E-state index is 0.154. The lowest BCUT2D eigenvalue weighted by molar-refractivity contribution is -0.137. The highest BCUT2D eigenvalue weighted by molar-refractivity contribution is 7.89. The average Bonchev–Trinajstić information content (AvgIpc) is 2.62. The smallest absolute Gasteiger partial charge is 0.416 e. The van der Waals surface area contributed by atoms with Gasteiger partial charge >= 0.3 is 6.18 Å². The largest absolute Gasteiger partial charge is 0.473 e. The number of alkyl halides is 3. The predicted molar refractivity (Wildman–Crippen MR) is 85.9 cm³/mol. The van der Waals surface area contributed by atoms with Crippen LogP contribution in [0.5, 0.6) is 5.88 Å². The van der Waals surface area contributed by atoms with Gasteiger partial charge in [0.25, 0.3) is 0 Å². The van der Waals surface area contributed by atoms with E-state index >= 15 is 0 Å². The molecule has 0 radical (unpaired) electrons. The van der Waals surface area contributed by atoms with Crippen molar-refractivity contribution < 1.29 is 26.3 Å². The van der Waals surface area contributed by atoms with Crippen LogP contribution in [0.2, 0.25) is 0 Å². The van der Waals surface area contributed by atoms with Gasteiger partial charge in [0.2, 0.25) is 15.9 Å². The van der Waals surface area contributed by atoms with Gasteiger partial charge in [0, 0.05) is 25.5 Å². The molecule has 1 aromatic carbocycles. The second-order valence-electron chi connectivity index (χ2n) is 5.79. The van der Waals surface area contributed by atoms with E-state index in [-0.39, 0.29) is 24.1 Å². The lowest BCUT2D eigenvalue weighted by Gasteiger charge is -2.31. The first kappa shape index (κ1) is 18.6. The molecule has 1 aliphatic rings. The summed E-state index contributed by atoms with van der Waals surface area (Å²) in [5.74, 6) is 0.372. The summed E-state index contributed by atoms with van der Waals surface area (Å²) in [5.41, 5.74) is -0.882. The van der Waals surface area contributed by atoms with Crippen molar-refractivity contribution in [3.8, 4) is 5.88 Å². The van der Waals surface area contributed by atoms with E-state index < -0.39 is 21.8 Å². The minimum atomic E-state index is -4.50. The fraction of sp³-hybridized carbons (Fsp3) is 0.375. The molecule has 0 N–H and O–H groups in total. The third kappa shape index (κ3) is 4.13. The zero-order valence-corrected chi connectivity index (χ0v) is 14.4. The summed E-state index contributed by atoms with van der Waals surface area (Å²) in [6, 6.07) is 3.52. The van der Waals surface area contributed by atoms with Crippen molar-refractivity contribution in [2.24, 2.45) is 0 Å². The molecule has 1 aromatic heterocycles. The summed E-state index contributed by atoms with van der Waals surface area (Å²) >= 11 is 0. The molecule has 0 saturated carbocycles. The zero-order valence-electron chi connectivity index (χ0n) is 13.6. The minimum Gasteiger partial charge on any atom is -0.473 e. The van der Waals surface area contributed by atoms with E-state index in [1.54, 1.807) is 0 Å². The Balaban J connectivity index is 1.64. The number of sulfonamides is 1. The molecule has 140 valence electrons. The van der Waals surface area contributed by atoms with Gasteiger partial charge < -0.3 is 4.74 Å². The molecule has 26 heavy (non-hydrogen) atoms. The third-order valence-corrected chi connectivity index (χ3v) is 5.96. The fourth-order valence-corrected chi connectivity index (χ4v) is 4.14. The maximum absolute atomic E-state index is 12.6. The number of halogens is 3. The second kappa shape index (κ2) is 7.20. The van der Waals surface area contributed by atoms with Crippen molar-refractivity contribution in [2.45, 2.75) is 30.0 Å². The van der Waals surface area contributed by atoms with Crippen LogP contribution < -0.4 is 4.74 Å². The Bertz CT molecular complexity index is 835. The monoisotopic (exact) mass is 387 g/mol. The van der Waals surface area contributed by atoms with Crippen molar-refractivity contribution in [1.29, 1.82) is 0 Å². The number of piperidine rings is 1. The SMILES string of the molecule is O=S(=O)(c1ccc(C(F)(F)F)cc1)N1CCC(Oc2cnccn2)CC1. The van der Waals surface area contributed by atoms with Crippen molar-refractivity contribution in [2.75, 3.05) is 13.1 Å². The van der Waals surface area contributed by atoms with Crippen LogP contribution in [-0.2, 0) is 16.2 Å². The maximum Gasteiger partial charge on any atom is 0.416 e. The molecule has 1 saturated heterocycles. The molecule has 2 heterocycles. The Morgan fingerprint density at radius 1 is 1.08 bits per heavy atom. The molecule has 0 aliphatic carbocycles. The Morgan fingerprint density at radius 2 is 1.73 bits per heavy atom. The number of rotatable bonds is 4. The predicted octanol–water partition coefficient (Wildman–Crippen LogP) is 2.73. The Kier molecular flexibility index (Phi) is 5.15. The lowest BCUT2D eigenvalue weighted by Crippen LogP contribution is -2.41. The van der Waals surface area contributed by atoms with E-state index in [1.165, 1.54) is 22.9 Å². The van der Waals surface area contributed by atoms with Gasteiger partial charge in [-0.3, -0.25) is 4.98 Å². The molecular formula is C16H16F3N3O3S. The van der Waals surface area contributed by atoms with Gasteiger partial charge in [-0.15, -0.1) is 0 Å². The maximum atomic E-state index is 12.6. The van der Waals surface area contributed by atoms with Crippen LogP contribution in [0.1, 0.15) is 18.4 Å². The van der Waals surface area contributed by atoms with E-state index in [1.807, 2.05) is 0 Å². The summed E-state index contributed by atoms with van der Waals surface area (Å²) in [7, 11) is -3.84. The van der Waals surface area contributed by atoms with Gasteiger partial charge in [0.15, 0.2) is 0 Å². The number of aromatic nitrogens is 2. The normalized spacial score (nSPS) is 17.2. The van der Waals surface area contributed by atoms with Crippen molar-refractivity contribution in [3.63, 3.8) is 0 Å². The van der Waals surface area contributed by atoms with Gasteiger partial charge in [-0.2, -0.15) is 17.5 Å². The molecule has 6 nitrogen and oxygen atoms in total. The highest BCUT2D eigenvalue weighted by atomic mass is 32.2. The summed E-state index contributed by atoms with van der Waals surface area (Å²) < 4.78 is 69.9. The molecule has 0 bridgehead atoms. The second-order valence-corrected chi connectivity index (χ2v) is 7.73. The first-order valence-corrected chi connectivity index (χ1v) is 9.31. The third-order valence-electron chi connectivity index (χ3n) is 4.05. The molecule has 2 aromatic rings. The number of nitrogens with zero attached hydrogens (tertiary/aromatic N) is 3. The average molecular weight is 387 g/mol. The standard InChI is InChI=1S/C16H16F3N3O3S/c17-16(18,19)12-1-3-14(4-2-12)26(23,24)22-9-5-13(6-10-22)25-15-11-20-7-8-21-15/h1-4,7-8,11,13H,5-6,9-10H2. The number of benzene rings is 1. The van der Waals surface area contributed by atoms with Crippen molar-refractivity contribution in [1.82, 2.24) is 14.3 Å². The summed E-state index contributed by atoms with van der Waals surface area (Å²) in [6.07, 6.45) is 0.716. The molecule has 3 rings (SSSR count). The summed E-state index contributed by atoms with van der Waals surface area (Å²) in [6.45, 7) is 0.433. The van der Waals surface area contributed by atoms with Crippen LogP contribution in [0, 0.1) is 0 Å². The van der Waals surface area contributed by atoms with Crippen LogP contribution in [-0.4, -0.2) is 41.9 Å². The van der Waals surface area contributed by atoms with Gasteiger partial charge in [-0.05, 0) is 37.1 Å². The van der Waals surface area contributed by atoms with E-state index in [9.17, 15) is 21.6 Å².